The molecule has 0 aliphatic rings. The van der Waals surface area contributed by atoms with E-state index in [9.17, 15) is 19.2 Å². The molecule has 0 fully saturated rings. The lowest BCUT2D eigenvalue weighted by Gasteiger charge is -2.19. The van der Waals surface area contributed by atoms with Crippen molar-refractivity contribution in [2.75, 3.05) is 172 Å². The van der Waals surface area contributed by atoms with Gasteiger partial charge >= 0.3 is 0 Å². The highest BCUT2D eigenvalue weighted by Gasteiger charge is 2.24. The highest BCUT2D eigenvalue weighted by atomic mass is 32.2. The number of hydrogen-bond donors (Lipinski definition) is 19. The fourth-order valence-corrected chi connectivity index (χ4v) is 9.77. The number of nitrogens with two attached hydrogens (primary N) is 3. The van der Waals surface area contributed by atoms with Crippen LogP contribution in [-0.4, -0.2) is 222 Å². The molecule has 0 aliphatic carbocycles. The second kappa shape index (κ2) is 39.6. The van der Waals surface area contributed by atoms with Gasteiger partial charge in [-0.2, -0.15) is 92.4 Å². The number of rotatable bonds is 43. The van der Waals surface area contributed by atoms with E-state index < -0.39 is 42.3 Å². The highest BCUT2D eigenvalue weighted by molar-refractivity contribution is 7.99. The molecule has 8 rings (SSSR count). The Balaban J connectivity index is 0.732. The molecule has 0 saturated heterocycles. The van der Waals surface area contributed by atoms with E-state index in [4.69, 9.17) is 17.2 Å². The number of thioether (sulfide) groups is 1. The average Bonchev–Trinajstić information content (AvgIpc) is 1.02. The quantitative estimate of drug-likeness (QED) is 0.0135. The third-order valence-corrected chi connectivity index (χ3v) is 14.6. The van der Waals surface area contributed by atoms with Crippen LogP contribution in [0.25, 0.3) is 0 Å². The number of carbonyl (C=O) groups excluding carboxylic acids is 4. The van der Waals surface area contributed by atoms with E-state index in [1.54, 1.807) is 6.92 Å². The van der Waals surface area contributed by atoms with Gasteiger partial charge in [0.15, 0.2) is 10.3 Å². The lowest BCUT2D eigenvalue weighted by atomic mass is 10.0. The van der Waals surface area contributed by atoms with Crippen molar-refractivity contribution in [3.05, 3.63) is 78.4 Å². The summed E-state index contributed by atoms with van der Waals surface area (Å²) in [5, 5.41) is 46.0. The molecule has 0 aliphatic heterocycles. The monoisotopic (exact) mass is 1410 g/mol. The van der Waals surface area contributed by atoms with E-state index in [2.05, 4.69) is 182 Å². The first-order valence-corrected chi connectivity index (χ1v) is 33.5. The maximum Gasteiger partial charge on any atom is 0.243 e. The summed E-state index contributed by atoms with van der Waals surface area (Å²) in [6, 6.07) is 16.8. The van der Waals surface area contributed by atoms with Gasteiger partial charge in [-0.3, -0.25) is 19.2 Å². The Morgan fingerprint density at radius 3 is 1.35 bits per heavy atom. The van der Waals surface area contributed by atoms with Crippen LogP contribution < -0.4 is 97.0 Å². The summed E-state index contributed by atoms with van der Waals surface area (Å²) in [6.07, 6.45) is 1.37. The zero-order chi connectivity index (χ0) is 70.0. The molecule has 4 amide bonds. The SMILES string of the molecule is CCSc1nc(NCCNC(=O)C(C)NC(=O)CNC(=O)C(Cc2ccccc2)NC(=O)CCNc2nc(C)nc(NCCNc3nc(N)nc(NCCNc4ncnc(N)n4)n3)n2)nc(NCCNc2nc(NCCNc3nc(N)nc(NCCS)n3)nc(Sc3ccccc3)n2)n1. The van der Waals surface area contributed by atoms with Crippen LogP contribution in [0.2, 0.25) is 0 Å². The number of hydrogen-bond acceptors (Lipinski definition) is 39. The molecule has 524 valence electrons. The van der Waals surface area contributed by atoms with Gasteiger partial charge in [-0.05, 0) is 49.1 Å². The van der Waals surface area contributed by atoms with Gasteiger partial charge in [0.2, 0.25) is 107 Å². The molecule has 40 nitrogen and oxygen atoms in total. The summed E-state index contributed by atoms with van der Waals surface area (Å²) in [5.74, 6) is 2.97. The van der Waals surface area contributed by atoms with Crippen molar-refractivity contribution in [1.82, 2.24) is 111 Å². The predicted molar refractivity (Wildman–Crippen MR) is 381 cm³/mol. The van der Waals surface area contributed by atoms with Crippen LogP contribution in [0.4, 0.5) is 83.3 Å². The number of nitrogens with zero attached hydrogens (tertiary/aromatic N) is 18. The zero-order valence-electron chi connectivity index (χ0n) is 54.2. The molecule has 0 bridgehead atoms. The second-order valence-electron chi connectivity index (χ2n) is 20.5. The number of aromatic nitrogens is 18. The first-order chi connectivity index (χ1) is 48.1. The normalized spacial score (nSPS) is 11.4. The molecular formula is C56H78N36O4S3. The Morgan fingerprint density at radius 1 is 0.444 bits per heavy atom. The van der Waals surface area contributed by atoms with Crippen molar-refractivity contribution in [1.29, 1.82) is 0 Å². The average molecular weight is 1420 g/mol. The zero-order valence-corrected chi connectivity index (χ0v) is 56.7. The van der Waals surface area contributed by atoms with Crippen molar-refractivity contribution in [3.8, 4) is 0 Å². The minimum atomic E-state index is -1.05. The van der Waals surface area contributed by atoms with Gasteiger partial charge in [0.1, 0.15) is 24.2 Å². The Labute approximate surface area is 582 Å². The first-order valence-electron chi connectivity index (χ1n) is 31.1. The number of aryl methyl sites for hydroxylation is 1. The lowest BCUT2D eigenvalue weighted by Crippen LogP contribution is -2.52. The summed E-state index contributed by atoms with van der Waals surface area (Å²) >= 11 is 7.02. The van der Waals surface area contributed by atoms with Crippen molar-refractivity contribution in [2.45, 2.75) is 60.9 Å². The van der Waals surface area contributed by atoms with Crippen LogP contribution in [-0.2, 0) is 25.6 Å². The van der Waals surface area contributed by atoms with E-state index in [1.807, 2.05) is 67.6 Å². The standard InChI is InChI=1S/C56H78N36O4S3/c1-4-98-55-89-51(87-52(90-55)68-25-26-70-54-88-53(91-56(92-54)99-35-13-9-6-10-14-35)69-24-23-66-49-82-43(59)83-50(86-49)71-27-28-97)67-18-17-60-39(95)32(2)75-38(94)30-72-40(96)36(29-34-11-7-5-8-12-34)78-37(93)15-16-61-45-76-33(3)77-46(84-45)63-21-22-65-48-81-42(58)80-47(85-48)64-20-19-62-44-74-31-73-41(57)79-44/h5-14,31-32,36,97H,4,15-30H2,1-3H3,(H,60,95)(H,72,96)(H,75,94)(H,78,93)(H3,57,62,73,74,79)(H2,61,63,76,77,84)(H2,67,68,87,89,90)(H2,69,70,88,91,92)(H4,58,64,65,80,81,85)(H4,59,66,71,82,83,86). The number of thiol groups is 1. The number of carbonyl (C=O) groups is 4. The summed E-state index contributed by atoms with van der Waals surface area (Å²) < 4.78 is 0. The van der Waals surface area contributed by atoms with Crippen LogP contribution in [0.5, 0.6) is 0 Å². The minimum absolute atomic E-state index is 0.0108. The van der Waals surface area contributed by atoms with E-state index in [-0.39, 0.29) is 80.1 Å². The lowest BCUT2D eigenvalue weighted by molar-refractivity contribution is -0.131. The molecule has 6 aromatic heterocycles. The molecule has 0 saturated carbocycles. The second-order valence-corrected chi connectivity index (χ2v) is 23.3. The molecular weight excluding hydrogens is 1340 g/mol. The number of amides is 4. The molecule has 43 heteroatoms. The van der Waals surface area contributed by atoms with Crippen molar-refractivity contribution in [3.63, 3.8) is 0 Å². The van der Waals surface area contributed by atoms with Crippen molar-refractivity contribution >= 4 is 143 Å². The molecule has 21 N–H and O–H groups in total. The van der Waals surface area contributed by atoms with Gasteiger partial charge in [-0.1, -0.05) is 67.2 Å². The van der Waals surface area contributed by atoms with E-state index in [0.717, 1.165) is 10.5 Å². The van der Waals surface area contributed by atoms with Crippen LogP contribution in [0.15, 0.2) is 82.2 Å². The van der Waals surface area contributed by atoms with Gasteiger partial charge < -0.3 is 97.0 Å². The van der Waals surface area contributed by atoms with Gasteiger partial charge in [0.25, 0.3) is 0 Å². The van der Waals surface area contributed by atoms with Crippen LogP contribution in [0.3, 0.4) is 0 Å². The summed E-state index contributed by atoms with van der Waals surface area (Å²) in [6.45, 7) is 8.83. The molecule has 6 heterocycles. The van der Waals surface area contributed by atoms with E-state index >= 15 is 0 Å². The maximum absolute atomic E-state index is 13.6. The maximum atomic E-state index is 13.6. The topological polar surface area (TPSA) is 559 Å². The highest BCUT2D eigenvalue weighted by Crippen LogP contribution is 2.26. The smallest absolute Gasteiger partial charge is 0.243 e. The Hall–Kier alpha value is -11.4. The first kappa shape index (κ1) is 73.4. The summed E-state index contributed by atoms with van der Waals surface area (Å²) in [5.41, 5.74) is 18.2. The molecule has 2 unspecified atom stereocenters. The Bertz CT molecular complexity index is 3880. The van der Waals surface area contributed by atoms with Gasteiger partial charge in [0.05, 0.1) is 6.54 Å². The minimum Gasteiger partial charge on any atom is -0.368 e. The molecule has 0 spiro atoms. The van der Waals surface area contributed by atoms with E-state index in [1.165, 1.54) is 36.8 Å². The summed E-state index contributed by atoms with van der Waals surface area (Å²) in [4.78, 5) is 132. The van der Waals surface area contributed by atoms with E-state index in [0.29, 0.717) is 122 Å². The van der Waals surface area contributed by atoms with Crippen LogP contribution >= 0.6 is 36.2 Å². The van der Waals surface area contributed by atoms with Crippen LogP contribution in [0.1, 0.15) is 31.7 Å². The van der Waals surface area contributed by atoms with Gasteiger partial charge in [0, 0.05) is 102 Å². The van der Waals surface area contributed by atoms with Crippen molar-refractivity contribution in [2.24, 2.45) is 0 Å². The predicted octanol–water partition coefficient (Wildman–Crippen LogP) is -0.0688. The fourth-order valence-electron chi connectivity index (χ4n) is 8.33. The number of anilines is 14. The third-order valence-electron chi connectivity index (χ3n) is 12.7. The Morgan fingerprint density at radius 2 is 0.869 bits per heavy atom. The molecule has 2 aromatic carbocycles. The number of nitrogen functional groups attached to an aromatic ring is 3. The largest absolute Gasteiger partial charge is 0.368 e. The van der Waals surface area contributed by atoms with Gasteiger partial charge in [-0.15, -0.1) is 0 Å². The molecule has 8 aromatic rings. The Kier molecular flexibility index (Phi) is 29.4. The van der Waals surface area contributed by atoms with Gasteiger partial charge in [-0.25, -0.2) is 9.97 Å². The molecule has 99 heavy (non-hydrogen) atoms. The molecule has 0 radical (unpaired) electrons. The summed E-state index contributed by atoms with van der Waals surface area (Å²) in [7, 11) is 0. The fraction of sp³-hybridized carbons (Fsp3) is 0.393. The van der Waals surface area contributed by atoms with Crippen molar-refractivity contribution < 1.29 is 19.2 Å². The number of benzene rings is 2. The molecule has 2 atom stereocenters. The number of nitrogens with one attached hydrogen (secondary N) is 15. The van der Waals surface area contributed by atoms with Crippen LogP contribution in [0, 0.1) is 6.92 Å². The third kappa shape index (κ3) is 27.0.